The van der Waals surface area contributed by atoms with Crippen LogP contribution < -0.4 is 10.9 Å². The molecule has 2 aromatic carbocycles. The summed E-state index contributed by atoms with van der Waals surface area (Å²) in [6.45, 7) is 5.57. The average Bonchev–Trinajstić information content (AvgIpc) is 3.27. The van der Waals surface area contributed by atoms with Crippen molar-refractivity contribution < 1.29 is 9.32 Å². The van der Waals surface area contributed by atoms with E-state index in [0.29, 0.717) is 28.3 Å². The highest BCUT2D eigenvalue weighted by Crippen LogP contribution is 2.23. The number of carbonyl (C=O) groups is 1. The number of aromatic nitrogens is 3. The van der Waals surface area contributed by atoms with Gasteiger partial charge in [0.25, 0.3) is 11.4 Å². The van der Waals surface area contributed by atoms with Crippen molar-refractivity contribution in [2.75, 3.05) is 5.32 Å². The molecule has 162 valence electrons. The fourth-order valence-electron chi connectivity index (χ4n) is 3.58. The zero-order valence-electron chi connectivity index (χ0n) is 18.3. The molecule has 0 aliphatic heterocycles. The Morgan fingerprint density at radius 3 is 2.47 bits per heavy atom. The van der Waals surface area contributed by atoms with Gasteiger partial charge >= 0.3 is 0 Å². The van der Waals surface area contributed by atoms with Gasteiger partial charge in [-0.1, -0.05) is 54.5 Å². The summed E-state index contributed by atoms with van der Waals surface area (Å²) < 4.78 is 6.83. The predicted octanol–water partition coefficient (Wildman–Crippen LogP) is 4.38. The lowest BCUT2D eigenvalue weighted by Gasteiger charge is -2.13. The van der Waals surface area contributed by atoms with Crippen molar-refractivity contribution in [2.45, 2.75) is 33.7 Å². The molecule has 4 aromatic rings. The average molecular weight is 428 g/mol. The SMILES string of the molecule is CCc1ccc(NC(=O)Cn2c(C)cc(C)c(-c3nc(-c4ccccc4)no3)c2=O)cc1. The summed E-state index contributed by atoms with van der Waals surface area (Å²) >= 11 is 0. The van der Waals surface area contributed by atoms with E-state index in [1.165, 1.54) is 10.1 Å². The van der Waals surface area contributed by atoms with E-state index in [-0.39, 0.29) is 23.9 Å². The van der Waals surface area contributed by atoms with E-state index in [1.807, 2.05) is 67.6 Å². The molecule has 0 unspecified atom stereocenters. The number of anilines is 1. The number of hydrogen-bond acceptors (Lipinski definition) is 5. The normalized spacial score (nSPS) is 10.8. The highest BCUT2D eigenvalue weighted by molar-refractivity contribution is 5.90. The summed E-state index contributed by atoms with van der Waals surface area (Å²) in [7, 11) is 0. The van der Waals surface area contributed by atoms with Crippen molar-refractivity contribution in [1.82, 2.24) is 14.7 Å². The Morgan fingerprint density at radius 1 is 1.06 bits per heavy atom. The van der Waals surface area contributed by atoms with E-state index in [9.17, 15) is 9.59 Å². The van der Waals surface area contributed by atoms with Crippen LogP contribution in [0.15, 0.2) is 70.0 Å². The molecule has 7 heteroatoms. The number of aryl methyl sites for hydroxylation is 3. The molecule has 7 nitrogen and oxygen atoms in total. The van der Waals surface area contributed by atoms with Crippen LogP contribution in [0.4, 0.5) is 5.69 Å². The van der Waals surface area contributed by atoms with Crippen LogP contribution in [0.1, 0.15) is 23.7 Å². The zero-order valence-corrected chi connectivity index (χ0v) is 18.3. The van der Waals surface area contributed by atoms with Gasteiger partial charge < -0.3 is 14.4 Å². The van der Waals surface area contributed by atoms with Crippen molar-refractivity contribution in [3.63, 3.8) is 0 Å². The van der Waals surface area contributed by atoms with Crippen LogP contribution in [0, 0.1) is 13.8 Å². The van der Waals surface area contributed by atoms with Gasteiger partial charge in [-0.2, -0.15) is 4.98 Å². The highest BCUT2D eigenvalue weighted by Gasteiger charge is 2.20. The van der Waals surface area contributed by atoms with Gasteiger partial charge in [-0.05, 0) is 49.6 Å². The molecule has 1 N–H and O–H groups in total. The number of benzene rings is 2. The third-order valence-corrected chi connectivity index (χ3v) is 5.32. The predicted molar refractivity (Wildman–Crippen MR) is 123 cm³/mol. The number of hydrogen-bond donors (Lipinski definition) is 1. The Labute approximate surface area is 185 Å². The van der Waals surface area contributed by atoms with Gasteiger partial charge in [-0.15, -0.1) is 0 Å². The molecule has 2 aromatic heterocycles. The maximum absolute atomic E-state index is 13.3. The maximum Gasteiger partial charge on any atom is 0.264 e. The Balaban J connectivity index is 1.62. The molecule has 4 rings (SSSR count). The third-order valence-electron chi connectivity index (χ3n) is 5.32. The van der Waals surface area contributed by atoms with Crippen LogP contribution in [0.3, 0.4) is 0 Å². The maximum atomic E-state index is 13.3. The summed E-state index contributed by atoms with van der Waals surface area (Å²) in [6, 6.07) is 18.9. The van der Waals surface area contributed by atoms with Crippen LogP contribution in [0.25, 0.3) is 22.8 Å². The molecule has 0 bridgehead atoms. The van der Waals surface area contributed by atoms with Crippen LogP contribution in [0.2, 0.25) is 0 Å². The first-order chi connectivity index (χ1) is 15.5. The largest absolute Gasteiger partial charge is 0.333 e. The lowest BCUT2D eigenvalue weighted by molar-refractivity contribution is -0.116. The first-order valence-corrected chi connectivity index (χ1v) is 10.5. The molecule has 0 aliphatic carbocycles. The van der Waals surface area contributed by atoms with Crippen LogP contribution in [-0.2, 0) is 17.8 Å². The van der Waals surface area contributed by atoms with Crippen LogP contribution >= 0.6 is 0 Å². The molecule has 0 saturated carbocycles. The molecular formula is C25H24N4O3. The third kappa shape index (κ3) is 4.37. The topological polar surface area (TPSA) is 90.0 Å². The fourth-order valence-corrected chi connectivity index (χ4v) is 3.58. The molecule has 0 fully saturated rings. The van der Waals surface area contributed by atoms with E-state index in [0.717, 1.165) is 12.0 Å². The van der Waals surface area contributed by atoms with Crippen LogP contribution in [0.5, 0.6) is 0 Å². The van der Waals surface area contributed by atoms with Crippen molar-refractivity contribution in [2.24, 2.45) is 0 Å². The van der Waals surface area contributed by atoms with Gasteiger partial charge in [0.2, 0.25) is 11.7 Å². The standard InChI is InChI=1S/C25H24N4O3/c1-4-18-10-12-20(13-11-18)26-21(30)15-29-17(3)14-16(2)22(25(29)31)24-27-23(28-32-24)19-8-6-5-7-9-19/h5-14H,4,15H2,1-3H3,(H,26,30). The molecular weight excluding hydrogens is 404 g/mol. The number of rotatable bonds is 6. The van der Waals surface area contributed by atoms with Gasteiger partial charge in [0.15, 0.2) is 0 Å². The smallest absolute Gasteiger partial charge is 0.264 e. The molecule has 0 radical (unpaired) electrons. The minimum Gasteiger partial charge on any atom is -0.333 e. The molecule has 0 spiro atoms. The highest BCUT2D eigenvalue weighted by atomic mass is 16.5. The fraction of sp³-hybridized carbons (Fsp3) is 0.200. The second kappa shape index (κ2) is 9.01. The Kier molecular flexibility index (Phi) is 5.98. The first kappa shape index (κ1) is 21.2. The van der Waals surface area contributed by atoms with Crippen molar-refractivity contribution in [3.05, 3.63) is 87.8 Å². The number of nitrogens with one attached hydrogen (secondary N) is 1. The minimum atomic E-state index is -0.345. The quantitative estimate of drug-likeness (QED) is 0.492. The lowest BCUT2D eigenvalue weighted by Crippen LogP contribution is -2.30. The minimum absolute atomic E-state index is 0.118. The number of nitrogens with zero attached hydrogens (tertiary/aromatic N) is 3. The molecule has 0 aliphatic rings. The Morgan fingerprint density at radius 2 is 1.78 bits per heavy atom. The first-order valence-electron chi connectivity index (χ1n) is 10.5. The summed E-state index contributed by atoms with van der Waals surface area (Å²) in [5, 5.41) is 6.86. The second-order valence-corrected chi connectivity index (χ2v) is 7.62. The van der Waals surface area contributed by atoms with Crippen LogP contribution in [-0.4, -0.2) is 20.6 Å². The molecule has 2 heterocycles. The zero-order chi connectivity index (χ0) is 22.7. The molecule has 1 amide bonds. The lowest BCUT2D eigenvalue weighted by atomic mass is 10.1. The van der Waals surface area contributed by atoms with Gasteiger partial charge in [0, 0.05) is 16.9 Å². The van der Waals surface area contributed by atoms with Crippen molar-refractivity contribution in [3.8, 4) is 22.8 Å². The number of amides is 1. The monoisotopic (exact) mass is 428 g/mol. The summed E-state index contributed by atoms with van der Waals surface area (Å²) in [5.41, 5.74) is 4.01. The van der Waals surface area contributed by atoms with E-state index < -0.39 is 0 Å². The summed E-state index contributed by atoms with van der Waals surface area (Å²) in [5.74, 6) is 0.250. The number of carbonyl (C=O) groups excluding carboxylic acids is 1. The summed E-state index contributed by atoms with van der Waals surface area (Å²) in [4.78, 5) is 30.3. The van der Waals surface area contributed by atoms with Gasteiger partial charge in [-0.25, -0.2) is 0 Å². The number of pyridine rings is 1. The van der Waals surface area contributed by atoms with Gasteiger partial charge in [-0.3, -0.25) is 9.59 Å². The van der Waals surface area contributed by atoms with E-state index in [1.54, 1.807) is 6.92 Å². The molecule has 0 saturated heterocycles. The van der Waals surface area contributed by atoms with Crippen molar-refractivity contribution >= 4 is 11.6 Å². The van der Waals surface area contributed by atoms with Gasteiger partial charge in [0.05, 0.1) is 0 Å². The van der Waals surface area contributed by atoms with E-state index in [2.05, 4.69) is 22.4 Å². The molecule has 0 atom stereocenters. The van der Waals surface area contributed by atoms with Gasteiger partial charge in [0.1, 0.15) is 12.1 Å². The van der Waals surface area contributed by atoms with E-state index in [4.69, 9.17) is 4.52 Å². The van der Waals surface area contributed by atoms with E-state index >= 15 is 0 Å². The Hall–Kier alpha value is -4.00. The Bertz CT molecular complexity index is 1310. The summed E-state index contributed by atoms with van der Waals surface area (Å²) in [6.07, 6.45) is 0.927. The van der Waals surface area contributed by atoms with Crippen molar-refractivity contribution in [1.29, 1.82) is 0 Å². The molecule has 32 heavy (non-hydrogen) atoms. The second-order valence-electron chi connectivity index (χ2n) is 7.62.